The van der Waals surface area contributed by atoms with Gasteiger partial charge in [0.1, 0.15) is 15.4 Å². The molecule has 0 atom stereocenters. The zero-order valence-corrected chi connectivity index (χ0v) is 19.8. The lowest BCUT2D eigenvalue weighted by molar-refractivity contribution is -0.384. The van der Waals surface area contributed by atoms with Crippen molar-refractivity contribution in [3.05, 3.63) is 85.4 Å². The first kappa shape index (κ1) is 23.4. The molecule has 0 bridgehead atoms. The van der Waals surface area contributed by atoms with E-state index in [0.717, 1.165) is 21.5 Å². The van der Waals surface area contributed by atoms with Gasteiger partial charge in [-0.1, -0.05) is 41.9 Å². The number of hydrogen-bond donors (Lipinski definition) is 1. The van der Waals surface area contributed by atoms with E-state index in [9.17, 15) is 19.7 Å². The highest BCUT2D eigenvalue weighted by atomic mass is 35.5. The highest BCUT2D eigenvalue weighted by Crippen LogP contribution is 2.30. The van der Waals surface area contributed by atoms with Crippen LogP contribution in [0.25, 0.3) is 10.2 Å². The van der Waals surface area contributed by atoms with Gasteiger partial charge < -0.3 is 10.1 Å². The Morgan fingerprint density at radius 2 is 1.97 bits per heavy atom. The number of nitrogens with zero attached hydrogens (tertiary/aromatic N) is 3. The minimum absolute atomic E-state index is 0.0747. The van der Waals surface area contributed by atoms with Crippen molar-refractivity contribution in [2.45, 2.75) is 20.4 Å². The van der Waals surface area contributed by atoms with Crippen LogP contribution in [0, 0.1) is 24.0 Å². The number of nitrogens with one attached hydrogen (secondary N) is 1. The summed E-state index contributed by atoms with van der Waals surface area (Å²) in [6.45, 7) is 3.34. The summed E-state index contributed by atoms with van der Waals surface area (Å²) in [7, 11) is 0. The van der Waals surface area contributed by atoms with E-state index in [-0.39, 0.29) is 11.4 Å². The van der Waals surface area contributed by atoms with Gasteiger partial charge in [0, 0.05) is 16.5 Å². The van der Waals surface area contributed by atoms with Gasteiger partial charge in [0.2, 0.25) is 0 Å². The molecule has 2 aromatic carbocycles. The molecule has 1 amide bonds. The number of aromatic nitrogens is 2. The molecular weight excluding hydrogens is 480 g/mol. The summed E-state index contributed by atoms with van der Waals surface area (Å²) in [5.74, 6) is -1.34. The third-order valence-electron chi connectivity index (χ3n) is 5.13. The SMILES string of the molecule is Cc1cccc([N+](=O)[O-])c1NC(=O)COC(=O)c1cc2c(C)nn(Cc3ccccc3Cl)c2s1. The number of carbonyl (C=O) groups is 2. The van der Waals surface area contributed by atoms with E-state index < -0.39 is 23.4 Å². The lowest BCUT2D eigenvalue weighted by Crippen LogP contribution is -2.21. The monoisotopic (exact) mass is 498 g/mol. The molecule has 0 spiro atoms. The van der Waals surface area contributed by atoms with Gasteiger partial charge in [-0.15, -0.1) is 11.3 Å². The molecule has 4 rings (SSSR count). The Hall–Kier alpha value is -3.76. The number of thiophene rings is 1. The molecule has 0 aliphatic heterocycles. The number of rotatable bonds is 7. The number of esters is 1. The Kier molecular flexibility index (Phi) is 6.62. The van der Waals surface area contributed by atoms with Crippen molar-refractivity contribution in [2.75, 3.05) is 11.9 Å². The van der Waals surface area contributed by atoms with E-state index in [4.69, 9.17) is 16.3 Å². The van der Waals surface area contributed by atoms with Crippen LogP contribution in [0.2, 0.25) is 5.02 Å². The van der Waals surface area contributed by atoms with Gasteiger partial charge in [-0.3, -0.25) is 19.6 Å². The fourth-order valence-electron chi connectivity index (χ4n) is 3.45. The maximum atomic E-state index is 12.6. The molecule has 0 aliphatic rings. The summed E-state index contributed by atoms with van der Waals surface area (Å²) in [5.41, 5.74) is 2.01. The number of carbonyl (C=O) groups excluding carboxylic acids is 2. The van der Waals surface area contributed by atoms with E-state index in [1.807, 2.05) is 25.1 Å². The smallest absolute Gasteiger partial charge is 0.348 e. The van der Waals surface area contributed by atoms with Crippen LogP contribution in [0.15, 0.2) is 48.5 Å². The second-order valence-electron chi connectivity index (χ2n) is 7.51. The molecule has 0 saturated heterocycles. The maximum absolute atomic E-state index is 12.6. The number of fused-ring (bicyclic) bond motifs is 1. The Morgan fingerprint density at radius 3 is 2.71 bits per heavy atom. The Balaban J connectivity index is 1.46. The Bertz CT molecular complexity index is 1430. The molecule has 1 N–H and O–H groups in total. The summed E-state index contributed by atoms with van der Waals surface area (Å²) in [6.07, 6.45) is 0. The van der Waals surface area contributed by atoms with Gasteiger partial charge in [0.15, 0.2) is 6.61 Å². The van der Waals surface area contributed by atoms with Crippen LogP contribution in [0.4, 0.5) is 11.4 Å². The number of para-hydroxylation sites is 1. The fourth-order valence-corrected chi connectivity index (χ4v) is 4.70. The van der Waals surface area contributed by atoms with E-state index in [1.54, 1.807) is 29.8 Å². The van der Waals surface area contributed by atoms with E-state index in [0.29, 0.717) is 22.0 Å². The first-order valence-corrected chi connectivity index (χ1v) is 11.4. The number of halogens is 1. The summed E-state index contributed by atoms with van der Waals surface area (Å²) >= 11 is 7.47. The molecule has 174 valence electrons. The number of benzene rings is 2. The minimum atomic E-state index is -0.673. The topological polar surface area (TPSA) is 116 Å². The summed E-state index contributed by atoms with van der Waals surface area (Å²) in [5, 5.41) is 19.6. The van der Waals surface area contributed by atoms with Crippen molar-refractivity contribution in [3.63, 3.8) is 0 Å². The number of nitro groups is 1. The number of amides is 1. The first-order chi connectivity index (χ1) is 16.2. The molecule has 11 heteroatoms. The standard InChI is InChI=1S/C23H19ClN4O5S/c1-13-6-5-9-18(28(31)32)21(13)25-20(29)12-33-23(30)19-10-16-14(2)26-27(22(16)34-19)11-15-7-3-4-8-17(15)24/h3-10H,11-12H2,1-2H3,(H,25,29). The van der Waals surface area contributed by atoms with Crippen LogP contribution in [0.1, 0.15) is 26.5 Å². The average Bonchev–Trinajstić information content (AvgIpc) is 3.36. The zero-order chi connectivity index (χ0) is 24.4. The second-order valence-corrected chi connectivity index (χ2v) is 8.95. The van der Waals surface area contributed by atoms with E-state index in [2.05, 4.69) is 10.4 Å². The molecule has 0 unspecified atom stereocenters. The van der Waals surface area contributed by atoms with Gasteiger partial charge in [-0.2, -0.15) is 5.10 Å². The Morgan fingerprint density at radius 1 is 1.21 bits per heavy atom. The number of hydrogen-bond acceptors (Lipinski definition) is 7. The Labute approximate surface area is 203 Å². The molecule has 0 saturated carbocycles. The normalized spacial score (nSPS) is 10.9. The van der Waals surface area contributed by atoms with Crippen molar-refractivity contribution in [1.82, 2.24) is 9.78 Å². The number of aryl methyl sites for hydroxylation is 2. The van der Waals surface area contributed by atoms with Crippen LogP contribution in [-0.2, 0) is 16.1 Å². The van der Waals surface area contributed by atoms with Crippen LogP contribution < -0.4 is 5.32 Å². The second kappa shape index (κ2) is 9.62. The largest absolute Gasteiger partial charge is 0.451 e. The van der Waals surface area contributed by atoms with Gasteiger partial charge in [-0.05, 0) is 37.1 Å². The molecule has 9 nitrogen and oxygen atoms in total. The predicted molar refractivity (Wildman–Crippen MR) is 130 cm³/mol. The molecule has 34 heavy (non-hydrogen) atoms. The summed E-state index contributed by atoms with van der Waals surface area (Å²) in [6, 6.07) is 13.6. The van der Waals surface area contributed by atoms with Crippen LogP contribution >= 0.6 is 22.9 Å². The molecule has 0 fully saturated rings. The van der Waals surface area contributed by atoms with Crippen LogP contribution in [0.5, 0.6) is 0 Å². The number of ether oxygens (including phenoxy) is 1. The van der Waals surface area contributed by atoms with E-state index in [1.165, 1.54) is 23.5 Å². The highest BCUT2D eigenvalue weighted by molar-refractivity contribution is 7.20. The zero-order valence-electron chi connectivity index (χ0n) is 18.2. The van der Waals surface area contributed by atoms with Crippen molar-refractivity contribution < 1.29 is 19.2 Å². The lowest BCUT2D eigenvalue weighted by atomic mass is 10.1. The molecule has 0 radical (unpaired) electrons. The molecular formula is C23H19ClN4O5S. The third kappa shape index (κ3) is 4.78. The lowest BCUT2D eigenvalue weighted by Gasteiger charge is -2.09. The molecule has 2 heterocycles. The molecule has 2 aromatic heterocycles. The van der Waals surface area contributed by atoms with Crippen molar-refractivity contribution in [1.29, 1.82) is 0 Å². The van der Waals surface area contributed by atoms with Crippen LogP contribution in [-0.4, -0.2) is 33.2 Å². The molecule has 0 aliphatic carbocycles. The quantitative estimate of drug-likeness (QED) is 0.215. The van der Waals surface area contributed by atoms with Crippen molar-refractivity contribution >= 4 is 56.4 Å². The van der Waals surface area contributed by atoms with Crippen molar-refractivity contribution in [3.8, 4) is 0 Å². The first-order valence-electron chi connectivity index (χ1n) is 10.2. The highest BCUT2D eigenvalue weighted by Gasteiger charge is 2.21. The predicted octanol–water partition coefficient (Wildman–Crippen LogP) is 5.12. The third-order valence-corrected chi connectivity index (χ3v) is 6.63. The average molecular weight is 499 g/mol. The maximum Gasteiger partial charge on any atom is 0.348 e. The number of anilines is 1. The van der Waals surface area contributed by atoms with Gasteiger partial charge >= 0.3 is 5.97 Å². The van der Waals surface area contributed by atoms with Crippen molar-refractivity contribution in [2.24, 2.45) is 0 Å². The van der Waals surface area contributed by atoms with Gasteiger partial charge in [-0.25, -0.2) is 4.79 Å². The fraction of sp³-hybridized carbons (Fsp3) is 0.174. The van der Waals surface area contributed by atoms with Gasteiger partial charge in [0.05, 0.1) is 17.2 Å². The van der Waals surface area contributed by atoms with Crippen LogP contribution in [0.3, 0.4) is 0 Å². The summed E-state index contributed by atoms with van der Waals surface area (Å²) in [4.78, 5) is 36.6. The van der Waals surface area contributed by atoms with Gasteiger partial charge in [0.25, 0.3) is 11.6 Å². The molecule has 4 aromatic rings. The summed E-state index contributed by atoms with van der Waals surface area (Å²) < 4.78 is 6.93. The minimum Gasteiger partial charge on any atom is -0.451 e. The van der Waals surface area contributed by atoms with E-state index >= 15 is 0 Å². The number of nitro benzene ring substituents is 1.